The highest BCUT2D eigenvalue weighted by molar-refractivity contribution is 5.85. The lowest BCUT2D eigenvalue weighted by molar-refractivity contribution is -0.132. The number of carbonyl (C=O) groups excluding carboxylic acids is 1. The van der Waals surface area contributed by atoms with Crippen LogP contribution < -0.4 is 5.73 Å². The number of benzene rings is 1. The molecule has 0 bridgehead atoms. The number of nitrogen functional groups attached to an aromatic ring is 1. The normalized spacial score (nSPS) is 14.5. The Kier molecular flexibility index (Phi) is 8.40. The van der Waals surface area contributed by atoms with Crippen molar-refractivity contribution in [1.29, 1.82) is 0 Å². The molecule has 1 saturated heterocycles. The Labute approximate surface area is 166 Å². The minimum absolute atomic E-state index is 0. The van der Waals surface area contributed by atoms with E-state index >= 15 is 0 Å². The van der Waals surface area contributed by atoms with Gasteiger partial charge in [-0.15, -0.1) is 24.8 Å². The standard InChI is InChI=1S/C18H24N4O2.2ClH/c1-13-17(14(2)24-20-13)12-21-7-9-22(10-8-21)18(23)11-15-3-5-16(19)6-4-15;;/h3-6H,7-12,19H2,1-2H3;2*1H. The first kappa shape index (κ1) is 22.3. The molecule has 0 saturated carbocycles. The molecule has 1 aliphatic rings. The second kappa shape index (κ2) is 9.80. The molecule has 3 rings (SSSR count). The first-order chi connectivity index (χ1) is 11.5. The minimum atomic E-state index is 0. The van der Waals surface area contributed by atoms with E-state index in [9.17, 15) is 4.79 Å². The molecular weight excluding hydrogens is 375 g/mol. The number of aromatic nitrogens is 1. The van der Waals surface area contributed by atoms with Gasteiger partial charge in [0.1, 0.15) is 5.76 Å². The number of rotatable bonds is 4. The highest BCUT2D eigenvalue weighted by atomic mass is 35.5. The van der Waals surface area contributed by atoms with Crippen LogP contribution in [0.2, 0.25) is 0 Å². The van der Waals surface area contributed by atoms with E-state index in [2.05, 4.69) is 10.1 Å². The van der Waals surface area contributed by atoms with Gasteiger partial charge in [0, 0.05) is 44.0 Å². The molecule has 1 fully saturated rings. The average molecular weight is 401 g/mol. The zero-order chi connectivity index (χ0) is 17.1. The van der Waals surface area contributed by atoms with Crippen molar-refractivity contribution in [3.63, 3.8) is 0 Å². The third-order valence-electron chi connectivity index (χ3n) is 4.62. The summed E-state index contributed by atoms with van der Waals surface area (Å²) in [4.78, 5) is 16.7. The van der Waals surface area contributed by atoms with Crippen LogP contribution in [0.15, 0.2) is 28.8 Å². The van der Waals surface area contributed by atoms with Gasteiger partial charge in [-0.1, -0.05) is 17.3 Å². The van der Waals surface area contributed by atoms with E-state index in [1.165, 1.54) is 0 Å². The van der Waals surface area contributed by atoms with Crippen molar-refractivity contribution in [1.82, 2.24) is 15.0 Å². The lowest BCUT2D eigenvalue weighted by atomic mass is 10.1. The predicted molar refractivity (Wildman–Crippen MR) is 107 cm³/mol. The molecule has 8 heteroatoms. The SMILES string of the molecule is Cc1noc(C)c1CN1CCN(C(=O)Cc2ccc(N)cc2)CC1.Cl.Cl. The maximum Gasteiger partial charge on any atom is 0.227 e. The fraction of sp³-hybridized carbons (Fsp3) is 0.444. The number of halogens is 2. The zero-order valence-electron chi connectivity index (χ0n) is 15.1. The lowest BCUT2D eigenvalue weighted by Gasteiger charge is -2.34. The lowest BCUT2D eigenvalue weighted by Crippen LogP contribution is -2.48. The molecule has 0 radical (unpaired) electrons. The fourth-order valence-electron chi connectivity index (χ4n) is 3.03. The Hall–Kier alpha value is -1.76. The largest absolute Gasteiger partial charge is 0.399 e. The molecule has 2 aromatic rings. The smallest absolute Gasteiger partial charge is 0.227 e. The molecule has 2 N–H and O–H groups in total. The van der Waals surface area contributed by atoms with E-state index in [1.807, 2.05) is 43.0 Å². The Morgan fingerprint density at radius 2 is 1.73 bits per heavy atom. The van der Waals surface area contributed by atoms with Gasteiger partial charge in [-0.05, 0) is 31.5 Å². The Morgan fingerprint density at radius 3 is 2.27 bits per heavy atom. The quantitative estimate of drug-likeness (QED) is 0.798. The van der Waals surface area contributed by atoms with Crippen LogP contribution in [0.5, 0.6) is 0 Å². The van der Waals surface area contributed by atoms with Gasteiger partial charge in [0.2, 0.25) is 5.91 Å². The number of nitrogens with two attached hydrogens (primary N) is 1. The van der Waals surface area contributed by atoms with Gasteiger partial charge in [-0.3, -0.25) is 9.69 Å². The molecular formula is C18H26Cl2N4O2. The number of carbonyl (C=O) groups is 1. The Bertz CT molecular complexity index is 691. The van der Waals surface area contributed by atoms with Crippen LogP contribution in [0.25, 0.3) is 0 Å². The number of hydrogen-bond donors (Lipinski definition) is 1. The maximum atomic E-state index is 12.4. The summed E-state index contributed by atoms with van der Waals surface area (Å²) in [6, 6.07) is 7.51. The minimum Gasteiger partial charge on any atom is -0.399 e. The predicted octanol–water partition coefficient (Wildman–Crippen LogP) is 2.60. The molecule has 1 aromatic carbocycles. The summed E-state index contributed by atoms with van der Waals surface area (Å²) in [7, 11) is 0. The summed E-state index contributed by atoms with van der Waals surface area (Å²) >= 11 is 0. The van der Waals surface area contributed by atoms with E-state index in [0.29, 0.717) is 6.42 Å². The van der Waals surface area contributed by atoms with Crippen LogP contribution in [-0.4, -0.2) is 47.0 Å². The first-order valence-electron chi connectivity index (χ1n) is 8.29. The van der Waals surface area contributed by atoms with Crippen molar-refractivity contribution in [2.24, 2.45) is 0 Å². The molecule has 0 unspecified atom stereocenters. The molecule has 0 spiro atoms. The van der Waals surface area contributed by atoms with E-state index in [1.54, 1.807) is 0 Å². The third-order valence-corrected chi connectivity index (χ3v) is 4.62. The highest BCUT2D eigenvalue weighted by Crippen LogP contribution is 2.16. The van der Waals surface area contributed by atoms with Gasteiger partial charge >= 0.3 is 0 Å². The molecule has 1 amide bonds. The zero-order valence-corrected chi connectivity index (χ0v) is 16.7. The van der Waals surface area contributed by atoms with Crippen molar-refractivity contribution in [3.05, 3.63) is 46.8 Å². The third kappa shape index (κ3) is 5.37. The summed E-state index contributed by atoms with van der Waals surface area (Å²) < 4.78 is 5.22. The second-order valence-corrected chi connectivity index (χ2v) is 6.38. The molecule has 0 atom stereocenters. The monoisotopic (exact) mass is 400 g/mol. The van der Waals surface area contributed by atoms with Gasteiger partial charge < -0.3 is 15.2 Å². The number of aryl methyl sites for hydroxylation is 2. The van der Waals surface area contributed by atoms with Gasteiger partial charge in [0.25, 0.3) is 0 Å². The number of piperazine rings is 1. The number of nitrogens with zero attached hydrogens (tertiary/aromatic N) is 3. The second-order valence-electron chi connectivity index (χ2n) is 6.38. The van der Waals surface area contributed by atoms with Gasteiger partial charge in [-0.25, -0.2) is 0 Å². The van der Waals surface area contributed by atoms with Crippen molar-refractivity contribution in [2.45, 2.75) is 26.8 Å². The van der Waals surface area contributed by atoms with Crippen LogP contribution in [0.1, 0.15) is 22.6 Å². The Balaban J connectivity index is 0.00000169. The van der Waals surface area contributed by atoms with Crippen LogP contribution in [0, 0.1) is 13.8 Å². The fourth-order valence-corrected chi connectivity index (χ4v) is 3.03. The number of amides is 1. The summed E-state index contributed by atoms with van der Waals surface area (Å²) in [5.41, 5.74) is 9.53. The molecule has 2 heterocycles. The van der Waals surface area contributed by atoms with Gasteiger partial charge in [0.15, 0.2) is 0 Å². The molecule has 26 heavy (non-hydrogen) atoms. The van der Waals surface area contributed by atoms with Crippen LogP contribution in [0.4, 0.5) is 5.69 Å². The van der Waals surface area contributed by atoms with Gasteiger partial charge in [0.05, 0.1) is 12.1 Å². The molecule has 144 valence electrons. The van der Waals surface area contributed by atoms with E-state index < -0.39 is 0 Å². The van der Waals surface area contributed by atoms with Crippen molar-refractivity contribution >= 4 is 36.4 Å². The molecule has 1 aromatic heterocycles. The Morgan fingerprint density at radius 1 is 1.12 bits per heavy atom. The first-order valence-corrected chi connectivity index (χ1v) is 8.29. The molecule has 6 nitrogen and oxygen atoms in total. The molecule has 0 aliphatic carbocycles. The summed E-state index contributed by atoms with van der Waals surface area (Å²) in [6.07, 6.45) is 0.435. The van der Waals surface area contributed by atoms with Crippen molar-refractivity contribution in [2.75, 3.05) is 31.9 Å². The highest BCUT2D eigenvalue weighted by Gasteiger charge is 2.22. The van der Waals surface area contributed by atoms with E-state index in [4.69, 9.17) is 10.3 Å². The number of anilines is 1. The van der Waals surface area contributed by atoms with Gasteiger partial charge in [-0.2, -0.15) is 0 Å². The summed E-state index contributed by atoms with van der Waals surface area (Å²) in [5, 5.41) is 4.00. The van der Waals surface area contributed by atoms with Crippen molar-refractivity contribution in [3.8, 4) is 0 Å². The maximum absolute atomic E-state index is 12.4. The van der Waals surface area contributed by atoms with Crippen LogP contribution in [-0.2, 0) is 17.8 Å². The van der Waals surface area contributed by atoms with Crippen molar-refractivity contribution < 1.29 is 9.32 Å². The summed E-state index contributed by atoms with van der Waals surface area (Å²) in [5.74, 6) is 1.06. The average Bonchev–Trinajstić information content (AvgIpc) is 2.89. The summed E-state index contributed by atoms with van der Waals surface area (Å²) in [6.45, 7) is 8.02. The van der Waals surface area contributed by atoms with E-state index in [-0.39, 0.29) is 30.7 Å². The molecule has 1 aliphatic heterocycles. The topological polar surface area (TPSA) is 75.6 Å². The van der Waals surface area contributed by atoms with Crippen LogP contribution >= 0.6 is 24.8 Å². The van der Waals surface area contributed by atoms with E-state index in [0.717, 1.165) is 61.0 Å². The number of hydrogen-bond acceptors (Lipinski definition) is 5. The van der Waals surface area contributed by atoms with Crippen LogP contribution in [0.3, 0.4) is 0 Å².